The summed E-state index contributed by atoms with van der Waals surface area (Å²) in [5.41, 5.74) is 2.40. The standard InChI is InChI=1S/C15H11N3OS/c1-10-7-16-15(17-8-10)20-14-12(9-19)6-11-4-2-3-5-13(11)18-14/h2-9H,1H3. The molecular formula is C15H11N3OS. The van der Waals surface area contributed by atoms with E-state index in [1.807, 2.05) is 37.3 Å². The first-order chi connectivity index (χ1) is 9.76. The van der Waals surface area contributed by atoms with Gasteiger partial charge < -0.3 is 0 Å². The minimum atomic E-state index is 0.554. The Morgan fingerprint density at radius 2 is 1.90 bits per heavy atom. The number of fused-ring (bicyclic) bond motifs is 1. The summed E-state index contributed by atoms with van der Waals surface area (Å²) in [7, 11) is 0. The highest BCUT2D eigenvalue weighted by Crippen LogP contribution is 2.27. The van der Waals surface area contributed by atoms with Crippen LogP contribution in [0.3, 0.4) is 0 Å². The first-order valence-electron chi connectivity index (χ1n) is 6.08. The van der Waals surface area contributed by atoms with Crippen LogP contribution in [0.15, 0.2) is 52.9 Å². The van der Waals surface area contributed by atoms with Gasteiger partial charge in [-0.15, -0.1) is 0 Å². The van der Waals surface area contributed by atoms with Crippen molar-refractivity contribution < 1.29 is 4.79 Å². The van der Waals surface area contributed by atoms with E-state index in [-0.39, 0.29) is 0 Å². The number of pyridine rings is 1. The molecule has 0 spiro atoms. The second-order valence-corrected chi connectivity index (χ2v) is 5.29. The van der Waals surface area contributed by atoms with E-state index in [1.165, 1.54) is 11.8 Å². The van der Waals surface area contributed by atoms with Gasteiger partial charge in [-0.3, -0.25) is 4.79 Å². The van der Waals surface area contributed by atoms with Gasteiger partial charge in [0.1, 0.15) is 5.03 Å². The molecule has 0 aliphatic rings. The fraction of sp³-hybridized carbons (Fsp3) is 0.0667. The second-order valence-electron chi connectivity index (χ2n) is 4.34. The highest BCUT2D eigenvalue weighted by Gasteiger charge is 2.09. The molecule has 2 aromatic heterocycles. The number of aryl methyl sites for hydroxylation is 1. The van der Waals surface area contributed by atoms with Gasteiger partial charge in [-0.25, -0.2) is 15.0 Å². The molecule has 98 valence electrons. The van der Waals surface area contributed by atoms with Gasteiger partial charge in [0.25, 0.3) is 0 Å². The average Bonchev–Trinajstić information content (AvgIpc) is 2.49. The Balaban J connectivity index is 2.05. The van der Waals surface area contributed by atoms with Gasteiger partial charge in [-0.1, -0.05) is 18.2 Å². The van der Waals surface area contributed by atoms with Crippen LogP contribution in [0.1, 0.15) is 15.9 Å². The minimum absolute atomic E-state index is 0.554. The highest BCUT2D eigenvalue weighted by atomic mass is 32.2. The molecule has 4 nitrogen and oxygen atoms in total. The fourth-order valence-electron chi connectivity index (χ4n) is 1.80. The molecule has 20 heavy (non-hydrogen) atoms. The summed E-state index contributed by atoms with van der Waals surface area (Å²) in [6.45, 7) is 1.93. The van der Waals surface area contributed by atoms with Gasteiger partial charge in [0, 0.05) is 23.3 Å². The van der Waals surface area contributed by atoms with Crippen LogP contribution in [-0.2, 0) is 0 Å². The van der Waals surface area contributed by atoms with Crippen molar-refractivity contribution in [2.24, 2.45) is 0 Å². The van der Waals surface area contributed by atoms with E-state index < -0.39 is 0 Å². The van der Waals surface area contributed by atoms with Crippen molar-refractivity contribution in [2.75, 3.05) is 0 Å². The quantitative estimate of drug-likeness (QED) is 0.544. The van der Waals surface area contributed by atoms with E-state index in [9.17, 15) is 4.79 Å². The van der Waals surface area contributed by atoms with Crippen LogP contribution >= 0.6 is 11.8 Å². The van der Waals surface area contributed by atoms with E-state index in [4.69, 9.17) is 0 Å². The maximum Gasteiger partial charge on any atom is 0.193 e. The molecule has 0 aliphatic heterocycles. The lowest BCUT2D eigenvalue weighted by Crippen LogP contribution is -1.93. The zero-order valence-electron chi connectivity index (χ0n) is 10.8. The third-order valence-corrected chi connectivity index (χ3v) is 3.70. The first kappa shape index (κ1) is 12.7. The predicted octanol–water partition coefficient (Wildman–Crippen LogP) is 3.30. The molecule has 0 aliphatic carbocycles. The Kier molecular flexibility index (Phi) is 3.43. The number of carbonyl (C=O) groups excluding carboxylic acids is 1. The number of hydrogen-bond acceptors (Lipinski definition) is 5. The summed E-state index contributed by atoms with van der Waals surface area (Å²) in [5.74, 6) is 0. The fourth-order valence-corrected chi connectivity index (χ4v) is 2.55. The number of rotatable bonds is 3. The number of nitrogens with zero attached hydrogens (tertiary/aromatic N) is 3. The molecule has 2 heterocycles. The molecule has 3 rings (SSSR count). The zero-order chi connectivity index (χ0) is 13.9. The third kappa shape index (κ3) is 2.53. The summed E-state index contributed by atoms with van der Waals surface area (Å²) in [6, 6.07) is 9.54. The highest BCUT2D eigenvalue weighted by molar-refractivity contribution is 7.99. The van der Waals surface area contributed by atoms with Crippen LogP contribution < -0.4 is 0 Å². The van der Waals surface area contributed by atoms with E-state index >= 15 is 0 Å². The van der Waals surface area contributed by atoms with Crippen molar-refractivity contribution in [1.29, 1.82) is 0 Å². The molecule has 0 saturated carbocycles. The summed E-state index contributed by atoms with van der Waals surface area (Å²) in [5, 5.41) is 2.16. The van der Waals surface area contributed by atoms with Crippen molar-refractivity contribution in [3.63, 3.8) is 0 Å². The smallest absolute Gasteiger partial charge is 0.193 e. The molecule has 0 N–H and O–H groups in total. The average molecular weight is 281 g/mol. The molecular weight excluding hydrogens is 270 g/mol. The lowest BCUT2D eigenvalue weighted by molar-refractivity contribution is 0.112. The molecule has 0 fully saturated rings. The lowest BCUT2D eigenvalue weighted by atomic mass is 10.2. The van der Waals surface area contributed by atoms with Crippen LogP contribution in [0, 0.1) is 6.92 Å². The third-order valence-electron chi connectivity index (χ3n) is 2.79. The molecule has 0 amide bonds. The van der Waals surface area contributed by atoms with E-state index in [0.29, 0.717) is 15.7 Å². The Hall–Kier alpha value is -2.27. The van der Waals surface area contributed by atoms with Gasteiger partial charge in [0.15, 0.2) is 11.4 Å². The Morgan fingerprint density at radius 3 is 2.65 bits per heavy atom. The number of hydrogen-bond donors (Lipinski definition) is 0. The largest absolute Gasteiger partial charge is 0.298 e. The van der Waals surface area contributed by atoms with Crippen LogP contribution in [0.5, 0.6) is 0 Å². The zero-order valence-corrected chi connectivity index (χ0v) is 11.6. The molecule has 0 bridgehead atoms. The number of benzene rings is 1. The van der Waals surface area contributed by atoms with Crippen LogP contribution in [0.2, 0.25) is 0 Å². The van der Waals surface area contributed by atoms with Crippen molar-refractivity contribution in [2.45, 2.75) is 17.1 Å². The number of carbonyl (C=O) groups is 1. The lowest BCUT2D eigenvalue weighted by Gasteiger charge is -2.05. The van der Waals surface area contributed by atoms with Crippen LogP contribution in [0.25, 0.3) is 10.9 Å². The monoisotopic (exact) mass is 281 g/mol. The maximum atomic E-state index is 11.2. The van der Waals surface area contributed by atoms with Crippen molar-refractivity contribution in [3.8, 4) is 0 Å². The SMILES string of the molecule is Cc1cnc(Sc2nc3ccccc3cc2C=O)nc1. The van der Waals surface area contributed by atoms with E-state index in [2.05, 4.69) is 15.0 Å². The molecule has 0 radical (unpaired) electrons. The molecule has 5 heteroatoms. The Bertz CT molecular complexity index is 772. The van der Waals surface area contributed by atoms with Gasteiger partial charge in [0.05, 0.1) is 5.52 Å². The van der Waals surface area contributed by atoms with E-state index in [0.717, 1.165) is 22.8 Å². The topological polar surface area (TPSA) is 55.7 Å². The first-order valence-corrected chi connectivity index (χ1v) is 6.89. The van der Waals surface area contributed by atoms with Gasteiger partial charge in [-0.05, 0) is 36.4 Å². The van der Waals surface area contributed by atoms with Crippen LogP contribution in [-0.4, -0.2) is 21.2 Å². The molecule has 1 aromatic carbocycles. The van der Waals surface area contributed by atoms with Gasteiger partial charge in [-0.2, -0.15) is 0 Å². The predicted molar refractivity (Wildman–Crippen MR) is 78.0 cm³/mol. The normalized spacial score (nSPS) is 10.7. The second kappa shape index (κ2) is 5.38. The maximum absolute atomic E-state index is 11.2. The Labute approximate surface area is 120 Å². The number of para-hydroxylation sites is 1. The van der Waals surface area contributed by atoms with Crippen molar-refractivity contribution in [3.05, 3.63) is 53.9 Å². The van der Waals surface area contributed by atoms with Crippen molar-refractivity contribution in [1.82, 2.24) is 15.0 Å². The molecule has 0 unspecified atom stereocenters. The summed E-state index contributed by atoms with van der Waals surface area (Å²) >= 11 is 1.30. The molecule has 0 atom stereocenters. The molecule has 0 saturated heterocycles. The number of aromatic nitrogens is 3. The van der Waals surface area contributed by atoms with Crippen LogP contribution in [0.4, 0.5) is 0 Å². The summed E-state index contributed by atoms with van der Waals surface area (Å²) < 4.78 is 0. The van der Waals surface area contributed by atoms with E-state index in [1.54, 1.807) is 12.4 Å². The van der Waals surface area contributed by atoms with Gasteiger partial charge in [0.2, 0.25) is 0 Å². The summed E-state index contributed by atoms with van der Waals surface area (Å²) in [6.07, 6.45) is 4.31. The minimum Gasteiger partial charge on any atom is -0.298 e. The Morgan fingerprint density at radius 1 is 1.15 bits per heavy atom. The number of aldehydes is 1. The molecule has 3 aromatic rings. The van der Waals surface area contributed by atoms with Gasteiger partial charge >= 0.3 is 0 Å². The van der Waals surface area contributed by atoms with Crippen molar-refractivity contribution >= 4 is 29.0 Å². The summed E-state index contributed by atoms with van der Waals surface area (Å²) in [4.78, 5) is 24.2.